The monoisotopic (exact) mass is 430 g/mol. The fourth-order valence-electron chi connectivity index (χ4n) is 3.65. The van der Waals surface area contributed by atoms with Crippen LogP contribution in [0.25, 0.3) is 16.9 Å². The highest BCUT2D eigenvalue weighted by molar-refractivity contribution is 6.30. The van der Waals surface area contributed by atoms with E-state index in [0.29, 0.717) is 35.1 Å². The van der Waals surface area contributed by atoms with Crippen molar-refractivity contribution in [2.24, 2.45) is 0 Å². The Labute approximate surface area is 180 Å². The molecule has 0 atom stereocenters. The predicted molar refractivity (Wildman–Crippen MR) is 117 cm³/mol. The minimum absolute atomic E-state index is 0.0901. The van der Waals surface area contributed by atoms with Crippen LogP contribution in [0, 0.1) is 18.6 Å². The normalized spacial score (nSPS) is 11.0. The van der Waals surface area contributed by atoms with Gasteiger partial charge in [0.25, 0.3) is 5.91 Å². The van der Waals surface area contributed by atoms with Crippen molar-refractivity contribution in [2.45, 2.75) is 33.6 Å². The standard InChI is InChI=1S/C24H25ClF2N2O/c1-4-12-28(13-5-2)24(30)20-15-23(17-6-8-18(25)9-7-17)29(16(20)3)22-11-10-19(26)14-21(22)27/h6-11,14-15H,4-5,12-13H2,1-3H3. The number of hydrogen-bond donors (Lipinski definition) is 0. The van der Waals surface area contributed by atoms with Gasteiger partial charge in [0.2, 0.25) is 0 Å². The van der Waals surface area contributed by atoms with Crippen molar-refractivity contribution >= 4 is 17.5 Å². The first kappa shape index (κ1) is 22.0. The molecule has 3 rings (SSSR count). The highest BCUT2D eigenvalue weighted by atomic mass is 35.5. The number of carbonyl (C=O) groups excluding carboxylic acids is 1. The number of aromatic nitrogens is 1. The average Bonchev–Trinajstić information content (AvgIpc) is 3.05. The number of amides is 1. The van der Waals surface area contributed by atoms with Gasteiger partial charge in [0, 0.05) is 29.9 Å². The molecule has 0 saturated carbocycles. The van der Waals surface area contributed by atoms with E-state index in [1.165, 1.54) is 12.1 Å². The molecule has 0 spiro atoms. The summed E-state index contributed by atoms with van der Waals surface area (Å²) in [6, 6.07) is 12.4. The summed E-state index contributed by atoms with van der Waals surface area (Å²) in [5, 5.41) is 0.579. The minimum Gasteiger partial charge on any atom is -0.339 e. The van der Waals surface area contributed by atoms with Crippen LogP contribution in [-0.2, 0) is 0 Å². The van der Waals surface area contributed by atoms with Gasteiger partial charge in [-0.2, -0.15) is 0 Å². The van der Waals surface area contributed by atoms with Gasteiger partial charge in [0.05, 0.1) is 16.9 Å². The van der Waals surface area contributed by atoms with E-state index in [-0.39, 0.29) is 11.6 Å². The molecule has 2 aromatic carbocycles. The Morgan fingerprint density at radius 2 is 1.63 bits per heavy atom. The van der Waals surface area contributed by atoms with Gasteiger partial charge in [-0.3, -0.25) is 4.79 Å². The van der Waals surface area contributed by atoms with Crippen molar-refractivity contribution < 1.29 is 13.6 Å². The van der Waals surface area contributed by atoms with Crippen LogP contribution in [0.1, 0.15) is 42.7 Å². The second-order valence-corrected chi connectivity index (χ2v) is 7.70. The molecule has 158 valence electrons. The number of hydrogen-bond acceptors (Lipinski definition) is 1. The quantitative estimate of drug-likeness (QED) is 0.412. The second-order valence-electron chi connectivity index (χ2n) is 7.26. The van der Waals surface area contributed by atoms with Gasteiger partial charge < -0.3 is 9.47 Å². The van der Waals surface area contributed by atoms with Crippen LogP contribution in [0.15, 0.2) is 48.5 Å². The molecule has 0 aliphatic carbocycles. The molecule has 1 heterocycles. The fourth-order valence-corrected chi connectivity index (χ4v) is 3.78. The van der Waals surface area contributed by atoms with Gasteiger partial charge in [-0.1, -0.05) is 37.6 Å². The first-order valence-electron chi connectivity index (χ1n) is 10.1. The third-order valence-electron chi connectivity index (χ3n) is 5.04. The highest BCUT2D eigenvalue weighted by Gasteiger charge is 2.24. The van der Waals surface area contributed by atoms with E-state index >= 15 is 0 Å². The van der Waals surface area contributed by atoms with Crippen molar-refractivity contribution in [2.75, 3.05) is 13.1 Å². The molecule has 1 aromatic heterocycles. The Balaban J connectivity index is 2.21. The van der Waals surface area contributed by atoms with E-state index in [0.717, 1.165) is 24.5 Å². The lowest BCUT2D eigenvalue weighted by molar-refractivity contribution is 0.0755. The number of nitrogens with zero attached hydrogens (tertiary/aromatic N) is 2. The van der Waals surface area contributed by atoms with Gasteiger partial charge in [-0.05, 0) is 55.7 Å². The molecule has 0 fully saturated rings. The van der Waals surface area contributed by atoms with Crippen LogP contribution in [0.3, 0.4) is 0 Å². The Morgan fingerprint density at radius 3 is 2.20 bits per heavy atom. The maximum atomic E-state index is 14.7. The van der Waals surface area contributed by atoms with Crippen LogP contribution >= 0.6 is 11.6 Å². The molecule has 6 heteroatoms. The molecular weight excluding hydrogens is 406 g/mol. The lowest BCUT2D eigenvalue weighted by Gasteiger charge is -2.21. The van der Waals surface area contributed by atoms with Crippen LogP contribution in [-0.4, -0.2) is 28.5 Å². The summed E-state index contributed by atoms with van der Waals surface area (Å²) in [5.74, 6) is -1.43. The number of rotatable bonds is 7. The van der Waals surface area contributed by atoms with Gasteiger partial charge in [-0.25, -0.2) is 8.78 Å². The summed E-state index contributed by atoms with van der Waals surface area (Å²) in [6.07, 6.45) is 1.70. The van der Waals surface area contributed by atoms with Gasteiger partial charge >= 0.3 is 0 Å². The predicted octanol–water partition coefficient (Wildman–Crippen LogP) is 6.65. The zero-order chi connectivity index (χ0) is 21.8. The van der Waals surface area contributed by atoms with E-state index in [9.17, 15) is 13.6 Å². The number of carbonyl (C=O) groups is 1. The molecule has 1 amide bonds. The zero-order valence-electron chi connectivity index (χ0n) is 17.4. The topological polar surface area (TPSA) is 25.2 Å². The van der Waals surface area contributed by atoms with Crippen LogP contribution < -0.4 is 0 Å². The summed E-state index contributed by atoms with van der Waals surface area (Å²) in [7, 11) is 0. The lowest BCUT2D eigenvalue weighted by Crippen LogP contribution is -2.32. The molecule has 30 heavy (non-hydrogen) atoms. The van der Waals surface area contributed by atoms with E-state index in [2.05, 4.69) is 0 Å². The Morgan fingerprint density at radius 1 is 1.00 bits per heavy atom. The molecule has 0 N–H and O–H groups in total. The third-order valence-corrected chi connectivity index (χ3v) is 5.29. The Hall–Kier alpha value is -2.66. The molecule has 0 radical (unpaired) electrons. The van der Waals surface area contributed by atoms with Crippen LogP contribution in [0.5, 0.6) is 0 Å². The summed E-state index contributed by atoms with van der Waals surface area (Å²) in [4.78, 5) is 15.1. The fraction of sp³-hybridized carbons (Fsp3) is 0.292. The first-order valence-corrected chi connectivity index (χ1v) is 10.5. The van der Waals surface area contributed by atoms with Crippen LogP contribution in [0.2, 0.25) is 5.02 Å². The molecule has 0 aliphatic heterocycles. The van der Waals surface area contributed by atoms with Crippen molar-refractivity contribution in [1.29, 1.82) is 0 Å². The number of halogens is 3. The molecule has 3 nitrogen and oxygen atoms in total. The van der Waals surface area contributed by atoms with Gasteiger partial charge in [0.1, 0.15) is 11.6 Å². The first-order chi connectivity index (χ1) is 14.4. The SMILES string of the molecule is CCCN(CCC)C(=O)c1cc(-c2ccc(Cl)cc2)n(-c2ccc(F)cc2F)c1C. The van der Waals surface area contributed by atoms with Gasteiger partial charge in [0.15, 0.2) is 0 Å². The van der Waals surface area contributed by atoms with Gasteiger partial charge in [-0.15, -0.1) is 0 Å². The number of benzene rings is 2. The Kier molecular flexibility index (Phi) is 6.93. The average molecular weight is 431 g/mol. The molecule has 0 saturated heterocycles. The summed E-state index contributed by atoms with van der Waals surface area (Å²) in [6.45, 7) is 7.14. The van der Waals surface area contributed by atoms with Crippen molar-refractivity contribution in [3.8, 4) is 16.9 Å². The van der Waals surface area contributed by atoms with Crippen LogP contribution in [0.4, 0.5) is 8.78 Å². The van der Waals surface area contributed by atoms with Crippen molar-refractivity contribution in [3.63, 3.8) is 0 Å². The van der Waals surface area contributed by atoms with Crippen molar-refractivity contribution in [1.82, 2.24) is 9.47 Å². The largest absolute Gasteiger partial charge is 0.339 e. The van der Waals surface area contributed by atoms with E-state index in [1.54, 1.807) is 29.7 Å². The zero-order valence-corrected chi connectivity index (χ0v) is 18.1. The van der Waals surface area contributed by atoms with E-state index in [4.69, 9.17) is 11.6 Å². The minimum atomic E-state index is -0.693. The lowest BCUT2D eigenvalue weighted by atomic mass is 10.1. The smallest absolute Gasteiger partial charge is 0.255 e. The molecule has 3 aromatic rings. The molecule has 0 bridgehead atoms. The van der Waals surface area contributed by atoms with E-state index in [1.807, 2.05) is 30.9 Å². The maximum absolute atomic E-state index is 14.7. The maximum Gasteiger partial charge on any atom is 0.255 e. The van der Waals surface area contributed by atoms with Crippen molar-refractivity contribution in [3.05, 3.63) is 76.4 Å². The second kappa shape index (κ2) is 9.43. The van der Waals surface area contributed by atoms with E-state index < -0.39 is 11.6 Å². The summed E-state index contributed by atoms with van der Waals surface area (Å²) < 4.78 is 29.9. The summed E-state index contributed by atoms with van der Waals surface area (Å²) in [5.41, 5.74) is 2.72. The third kappa shape index (κ3) is 4.41. The Bertz CT molecular complexity index is 1040. The molecule has 0 unspecified atom stereocenters. The molecular formula is C24H25ClF2N2O. The highest BCUT2D eigenvalue weighted by Crippen LogP contribution is 2.32. The molecule has 0 aliphatic rings. The summed E-state index contributed by atoms with van der Waals surface area (Å²) >= 11 is 6.03.